The third kappa shape index (κ3) is 4.42. The van der Waals surface area contributed by atoms with Gasteiger partial charge in [0, 0.05) is 45.0 Å². The quantitative estimate of drug-likeness (QED) is 0.854. The Bertz CT molecular complexity index is 522. The Hall–Kier alpha value is -1.66. The summed E-state index contributed by atoms with van der Waals surface area (Å²) in [5, 5.41) is 9.33. The van der Waals surface area contributed by atoms with Crippen molar-refractivity contribution in [2.45, 2.75) is 26.3 Å². The van der Waals surface area contributed by atoms with Crippen LogP contribution in [0.5, 0.6) is 5.88 Å². The first kappa shape index (κ1) is 17.7. The molecule has 6 nitrogen and oxygen atoms in total. The van der Waals surface area contributed by atoms with E-state index in [0.717, 1.165) is 13.1 Å². The van der Waals surface area contributed by atoms with Crippen LogP contribution >= 0.6 is 0 Å². The maximum absolute atomic E-state index is 12.8. The number of aliphatic hydroxyl groups is 1. The van der Waals surface area contributed by atoms with E-state index in [1.54, 1.807) is 18.3 Å². The summed E-state index contributed by atoms with van der Waals surface area (Å²) in [6.07, 6.45) is 2.30. The average molecular weight is 321 g/mol. The lowest BCUT2D eigenvalue weighted by molar-refractivity contribution is 0.0382. The van der Waals surface area contributed by atoms with Crippen molar-refractivity contribution in [3.63, 3.8) is 0 Å². The normalized spacial score (nSPS) is 19.2. The molecule has 128 valence electrons. The van der Waals surface area contributed by atoms with Crippen LogP contribution in [-0.2, 0) is 0 Å². The molecule has 1 aliphatic heterocycles. The average Bonchev–Trinajstić information content (AvgIpc) is 2.55. The highest BCUT2D eigenvalue weighted by Gasteiger charge is 2.31. The maximum atomic E-state index is 12.8. The first-order chi connectivity index (χ1) is 11.1. The van der Waals surface area contributed by atoms with E-state index in [0.29, 0.717) is 36.9 Å². The van der Waals surface area contributed by atoms with Gasteiger partial charge in [-0.2, -0.15) is 0 Å². The van der Waals surface area contributed by atoms with Gasteiger partial charge in [0.15, 0.2) is 0 Å². The summed E-state index contributed by atoms with van der Waals surface area (Å²) in [5.41, 5.74) is 0.495. The predicted molar refractivity (Wildman–Crippen MR) is 88.6 cm³/mol. The van der Waals surface area contributed by atoms with Crippen LogP contribution in [0.15, 0.2) is 18.3 Å². The van der Waals surface area contributed by atoms with E-state index < -0.39 is 0 Å². The molecule has 1 N–H and O–H groups in total. The molecular formula is C17H27N3O3. The van der Waals surface area contributed by atoms with Crippen molar-refractivity contribution in [3.05, 3.63) is 23.9 Å². The number of nitrogens with zero attached hydrogens (tertiary/aromatic N) is 3. The number of carbonyl (C=O) groups excluding carboxylic acids is 1. The molecule has 1 atom stereocenters. The molecule has 0 radical (unpaired) electrons. The van der Waals surface area contributed by atoms with Crippen molar-refractivity contribution in [1.29, 1.82) is 0 Å². The van der Waals surface area contributed by atoms with Crippen LogP contribution in [0.2, 0.25) is 0 Å². The Labute approximate surface area is 138 Å². The minimum atomic E-state index is -0.0536. The summed E-state index contributed by atoms with van der Waals surface area (Å²) < 4.78 is 5.20. The van der Waals surface area contributed by atoms with Crippen molar-refractivity contribution < 1.29 is 14.6 Å². The largest absolute Gasteiger partial charge is 0.480 e. The number of carbonyl (C=O) groups is 1. The van der Waals surface area contributed by atoms with Crippen LogP contribution in [0.4, 0.5) is 0 Å². The SMILES string of the molecule is COc1ncccc1C(=O)N1CCN(CC(C)C)[C@@H](CCO)C1. The van der Waals surface area contributed by atoms with Gasteiger partial charge >= 0.3 is 0 Å². The summed E-state index contributed by atoms with van der Waals surface area (Å²) in [4.78, 5) is 21.1. The van der Waals surface area contributed by atoms with Crippen LogP contribution in [0.1, 0.15) is 30.6 Å². The zero-order valence-corrected chi connectivity index (χ0v) is 14.2. The number of pyridine rings is 1. The number of hydrogen-bond donors (Lipinski definition) is 1. The summed E-state index contributed by atoms with van der Waals surface area (Å²) >= 11 is 0. The van der Waals surface area contributed by atoms with Crippen LogP contribution < -0.4 is 4.74 Å². The monoisotopic (exact) mass is 321 g/mol. The third-order valence-corrected chi connectivity index (χ3v) is 4.15. The fraction of sp³-hybridized carbons (Fsp3) is 0.647. The van der Waals surface area contributed by atoms with Crippen LogP contribution in [0, 0.1) is 5.92 Å². The van der Waals surface area contributed by atoms with Gasteiger partial charge in [0.25, 0.3) is 5.91 Å². The van der Waals surface area contributed by atoms with Gasteiger partial charge in [-0.3, -0.25) is 9.69 Å². The van der Waals surface area contributed by atoms with E-state index in [2.05, 4.69) is 23.7 Å². The molecule has 2 heterocycles. The van der Waals surface area contributed by atoms with Gasteiger partial charge in [0.2, 0.25) is 5.88 Å². The van der Waals surface area contributed by atoms with Crippen LogP contribution in [-0.4, -0.2) is 71.7 Å². The number of methoxy groups -OCH3 is 1. The smallest absolute Gasteiger partial charge is 0.259 e. The Balaban J connectivity index is 2.10. The van der Waals surface area contributed by atoms with Crippen molar-refractivity contribution >= 4 is 5.91 Å². The van der Waals surface area contributed by atoms with Gasteiger partial charge < -0.3 is 14.7 Å². The molecular weight excluding hydrogens is 294 g/mol. The highest BCUT2D eigenvalue weighted by atomic mass is 16.5. The molecule has 1 fully saturated rings. The minimum absolute atomic E-state index is 0.0536. The second kappa shape index (κ2) is 8.26. The van der Waals surface area contributed by atoms with E-state index in [1.165, 1.54) is 7.11 Å². The van der Waals surface area contributed by atoms with E-state index in [1.807, 2.05) is 4.90 Å². The second-order valence-corrected chi connectivity index (χ2v) is 6.37. The van der Waals surface area contributed by atoms with Crippen LogP contribution in [0.25, 0.3) is 0 Å². The molecule has 0 unspecified atom stereocenters. The van der Waals surface area contributed by atoms with Crippen molar-refractivity contribution in [1.82, 2.24) is 14.8 Å². The molecule has 1 aliphatic rings. The molecule has 1 aromatic rings. The number of amides is 1. The topological polar surface area (TPSA) is 65.9 Å². The molecule has 1 saturated heterocycles. The Morgan fingerprint density at radius 2 is 2.26 bits per heavy atom. The number of hydrogen-bond acceptors (Lipinski definition) is 5. The molecule has 2 rings (SSSR count). The Morgan fingerprint density at radius 1 is 1.48 bits per heavy atom. The first-order valence-electron chi connectivity index (χ1n) is 8.20. The van der Waals surface area contributed by atoms with Gasteiger partial charge in [-0.25, -0.2) is 4.98 Å². The molecule has 6 heteroatoms. The minimum Gasteiger partial charge on any atom is -0.480 e. The van der Waals surface area contributed by atoms with E-state index in [9.17, 15) is 9.90 Å². The van der Waals surface area contributed by atoms with E-state index in [-0.39, 0.29) is 18.6 Å². The fourth-order valence-corrected chi connectivity index (χ4v) is 3.10. The van der Waals surface area contributed by atoms with Gasteiger partial charge in [-0.1, -0.05) is 13.8 Å². The zero-order chi connectivity index (χ0) is 16.8. The molecule has 0 aliphatic carbocycles. The number of rotatable bonds is 6. The zero-order valence-electron chi connectivity index (χ0n) is 14.2. The van der Waals surface area contributed by atoms with E-state index >= 15 is 0 Å². The third-order valence-electron chi connectivity index (χ3n) is 4.15. The Morgan fingerprint density at radius 3 is 2.91 bits per heavy atom. The van der Waals surface area contributed by atoms with E-state index in [4.69, 9.17) is 4.74 Å². The molecule has 0 bridgehead atoms. The Kier molecular flexibility index (Phi) is 6.36. The summed E-state index contributed by atoms with van der Waals surface area (Å²) in [5.74, 6) is 0.875. The second-order valence-electron chi connectivity index (χ2n) is 6.37. The highest BCUT2D eigenvalue weighted by Crippen LogP contribution is 2.20. The number of piperazine rings is 1. The molecule has 0 spiro atoms. The number of ether oxygens (including phenoxy) is 1. The van der Waals surface area contributed by atoms with Crippen molar-refractivity contribution in [2.75, 3.05) is 39.9 Å². The summed E-state index contributed by atoms with van der Waals surface area (Å²) in [6.45, 7) is 7.65. The summed E-state index contributed by atoms with van der Waals surface area (Å²) in [6, 6.07) is 3.69. The van der Waals surface area contributed by atoms with Gasteiger partial charge in [0.1, 0.15) is 5.56 Å². The summed E-state index contributed by atoms with van der Waals surface area (Å²) in [7, 11) is 1.52. The highest BCUT2D eigenvalue weighted by molar-refractivity contribution is 5.96. The number of aromatic nitrogens is 1. The van der Waals surface area contributed by atoms with Gasteiger partial charge in [0.05, 0.1) is 7.11 Å². The molecule has 1 amide bonds. The van der Waals surface area contributed by atoms with Crippen molar-refractivity contribution in [3.8, 4) is 5.88 Å². The lowest BCUT2D eigenvalue weighted by atomic mass is 10.1. The molecule has 23 heavy (non-hydrogen) atoms. The fourth-order valence-electron chi connectivity index (χ4n) is 3.10. The lowest BCUT2D eigenvalue weighted by Crippen LogP contribution is -2.55. The molecule has 0 aromatic carbocycles. The maximum Gasteiger partial charge on any atom is 0.259 e. The predicted octanol–water partition coefficient (Wildman–Crippen LogP) is 1.25. The van der Waals surface area contributed by atoms with Crippen LogP contribution in [0.3, 0.4) is 0 Å². The number of aliphatic hydroxyl groups excluding tert-OH is 1. The van der Waals surface area contributed by atoms with Gasteiger partial charge in [-0.15, -0.1) is 0 Å². The van der Waals surface area contributed by atoms with Crippen molar-refractivity contribution in [2.24, 2.45) is 5.92 Å². The molecule has 1 aromatic heterocycles. The standard InChI is InChI=1S/C17H27N3O3/c1-13(2)11-19-8-9-20(12-14(19)6-10-21)17(22)15-5-4-7-18-16(15)23-3/h4-5,7,13-14,21H,6,8-12H2,1-3H3/t14-/m0/s1. The first-order valence-corrected chi connectivity index (χ1v) is 8.20. The molecule has 0 saturated carbocycles. The van der Waals surface area contributed by atoms with Gasteiger partial charge in [-0.05, 0) is 24.5 Å². The lowest BCUT2D eigenvalue weighted by Gasteiger charge is -2.42.